The Kier molecular flexibility index (Phi) is 7.90. The second-order valence-corrected chi connectivity index (χ2v) is 15.7. The number of para-hydroxylation sites is 1. The van der Waals surface area contributed by atoms with Gasteiger partial charge in [0, 0.05) is 42.6 Å². The molecule has 298 valence electrons. The summed E-state index contributed by atoms with van der Waals surface area (Å²) in [6.45, 7) is 7.30. The molecule has 9 aromatic rings. The summed E-state index contributed by atoms with van der Waals surface area (Å²) in [6.07, 6.45) is -0.559. The number of benzene rings is 7. The molecule has 0 saturated heterocycles. The molecule has 0 unspecified atom stereocenters. The van der Waals surface area contributed by atoms with Crippen molar-refractivity contribution in [1.29, 1.82) is 0 Å². The maximum atomic E-state index is 11.9. The Morgan fingerprint density at radius 1 is 0.667 bits per heavy atom. The number of hydrogen-bond donors (Lipinski definition) is 1. The zero-order valence-electron chi connectivity index (χ0n) is 44.6. The van der Waals surface area contributed by atoms with Crippen molar-refractivity contribution in [2.45, 2.75) is 46.9 Å². The SMILES string of the molecule is [2H]c1nc(-c2[c-]c(-c3cccc4c3nc(-c3cc(C)cc(C)c3O)n4-c3cc(-c4ccccc4)c(C([2H])([2H])[2H])cc3-c3ccccc3)cc(C(C)(C)C)c2)c([2H])c(-c2c([2H])c([2H])c([2H])c([2H])c2[2H])c1[2H].[Pt]. The number of aromatic hydroxyl groups is 1. The maximum Gasteiger partial charge on any atom is 0.148 e. The van der Waals surface area contributed by atoms with Crippen LogP contribution in [0.2, 0.25) is 0 Å². The van der Waals surface area contributed by atoms with E-state index in [1.807, 2.05) is 142 Å². The van der Waals surface area contributed by atoms with Crippen LogP contribution in [0.25, 0.3) is 83.9 Å². The number of rotatable bonds is 7. The molecule has 2 aromatic heterocycles. The van der Waals surface area contributed by atoms with Crippen molar-refractivity contribution in [3.05, 3.63) is 192 Å². The number of pyridine rings is 1. The van der Waals surface area contributed by atoms with Gasteiger partial charge in [0.25, 0.3) is 0 Å². The molecule has 7 aromatic carbocycles. The summed E-state index contributed by atoms with van der Waals surface area (Å²) in [5.74, 6) is 0.393. The third kappa shape index (κ3) is 7.64. The predicted octanol–water partition coefficient (Wildman–Crippen LogP) is 14.1. The molecule has 9 rings (SSSR count). The number of nitrogens with zero attached hydrogens (tertiary/aromatic N) is 3. The van der Waals surface area contributed by atoms with E-state index >= 15 is 0 Å². The number of phenolic OH excluding ortho intramolecular Hbond substituents is 1. The second kappa shape index (κ2) is 16.4. The Balaban J connectivity index is 0.00000676. The number of aromatic nitrogens is 3. The van der Waals surface area contributed by atoms with Crippen LogP contribution in [0.4, 0.5) is 0 Å². The largest absolute Gasteiger partial charge is 0.507 e. The van der Waals surface area contributed by atoms with Crippen LogP contribution in [-0.4, -0.2) is 19.6 Å². The molecule has 5 heteroatoms. The molecule has 0 spiro atoms. The van der Waals surface area contributed by atoms with Crippen LogP contribution in [0.5, 0.6) is 5.75 Å². The normalized spacial score (nSPS) is 14.2. The van der Waals surface area contributed by atoms with Gasteiger partial charge in [0.05, 0.1) is 33.3 Å². The number of imidazole rings is 1. The van der Waals surface area contributed by atoms with E-state index in [2.05, 4.69) is 11.1 Å². The van der Waals surface area contributed by atoms with Crippen LogP contribution in [0.15, 0.2) is 164 Å². The van der Waals surface area contributed by atoms with E-state index in [-0.39, 0.29) is 54.8 Å². The van der Waals surface area contributed by atoms with Gasteiger partial charge in [0.2, 0.25) is 0 Å². The first-order chi connectivity index (χ1) is 33.1. The van der Waals surface area contributed by atoms with E-state index in [0.29, 0.717) is 61.5 Å². The third-order valence-electron chi connectivity index (χ3n) is 10.5. The summed E-state index contributed by atoms with van der Waals surface area (Å²) < 4.78 is 97.6. The summed E-state index contributed by atoms with van der Waals surface area (Å²) in [4.78, 5) is 9.80. The molecule has 0 amide bonds. The molecule has 2 heterocycles. The molecule has 0 fully saturated rings. The Morgan fingerprint density at radius 3 is 2.07 bits per heavy atom. The van der Waals surface area contributed by atoms with Crippen molar-refractivity contribution in [2.24, 2.45) is 0 Å². The average Bonchev–Trinajstić information content (AvgIpc) is 3.72. The molecule has 1 N–H and O–H groups in total. The molecule has 0 aliphatic heterocycles. The van der Waals surface area contributed by atoms with Crippen LogP contribution >= 0.6 is 0 Å². The fraction of sp³-hybridized carbons (Fsp3) is 0.127. The first-order valence-corrected chi connectivity index (χ1v) is 19.3. The van der Waals surface area contributed by atoms with Gasteiger partial charge in [0.15, 0.2) is 0 Å². The van der Waals surface area contributed by atoms with E-state index < -0.39 is 60.7 Å². The van der Waals surface area contributed by atoms with Crippen LogP contribution < -0.4 is 0 Å². The fourth-order valence-corrected chi connectivity index (χ4v) is 7.57. The predicted molar refractivity (Wildman–Crippen MR) is 245 cm³/mol. The number of phenols is 1. The van der Waals surface area contributed by atoms with E-state index in [0.717, 1.165) is 16.7 Å². The first kappa shape index (κ1) is 29.0. The van der Waals surface area contributed by atoms with Crippen LogP contribution in [-0.2, 0) is 26.5 Å². The number of fused-ring (bicyclic) bond motifs is 1. The minimum Gasteiger partial charge on any atom is -0.507 e. The topological polar surface area (TPSA) is 50.9 Å². The summed E-state index contributed by atoms with van der Waals surface area (Å²) in [7, 11) is 0. The van der Waals surface area contributed by atoms with Crippen LogP contribution in [0, 0.1) is 26.8 Å². The zero-order chi connectivity index (χ0) is 50.3. The molecular formula is C55H46N3OPt-. The van der Waals surface area contributed by atoms with Crippen molar-refractivity contribution < 1.29 is 41.3 Å². The molecule has 0 saturated carbocycles. The van der Waals surface area contributed by atoms with Gasteiger partial charge in [-0.05, 0) is 101 Å². The van der Waals surface area contributed by atoms with Crippen molar-refractivity contribution in [1.82, 2.24) is 14.5 Å². The van der Waals surface area contributed by atoms with Gasteiger partial charge in [-0.15, -0.1) is 29.3 Å². The van der Waals surface area contributed by atoms with Crippen molar-refractivity contribution in [3.63, 3.8) is 0 Å². The minimum atomic E-state index is -2.50. The average molecular weight is 971 g/mol. The maximum absolute atomic E-state index is 11.9. The second-order valence-electron chi connectivity index (χ2n) is 15.7. The van der Waals surface area contributed by atoms with Gasteiger partial charge in [-0.1, -0.05) is 147 Å². The Hall–Kier alpha value is -6.35. The van der Waals surface area contributed by atoms with Gasteiger partial charge in [-0.2, -0.15) is 0 Å². The van der Waals surface area contributed by atoms with Crippen molar-refractivity contribution >= 4 is 11.0 Å². The molecule has 60 heavy (non-hydrogen) atoms. The zero-order valence-corrected chi connectivity index (χ0v) is 35.8. The van der Waals surface area contributed by atoms with Gasteiger partial charge in [-0.3, -0.25) is 9.55 Å². The van der Waals surface area contributed by atoms with Crippen molar-refractivity contribution in [3.8, 4) is 78.6 Å². The van der Waals surface area contributed by atoms with Gasteiger partial charge in [0.1, 0.15) is 11.6 Å². The Labute approximate surface area is 383 Å². The quantitative estimate of drug-likeness (QED) is 0.162. The van der Waals surface area contributed by atoms with E-state index in [1.165, 1.54) is 0 Å². The smallest absolute Gasteiger partial charge is 0.148 e. The number of aryl methyl sites for hydroxylation is 3. The Bertz CT molecular complexity index is 3560. The molecule has 4 nitrogen and oxygen atoms in total. The van der Waals surface area contributed by atoms with Gasteiger partial charge >= 0.3 is 0 Å². The van der Waals surface area contributed by atoms with Crippen molar-refractivity contribution in [2.75, 3.05) is 0 Å². The monoisotopic (exact) mass is 970 g/mol. The summed E-state index contributed by atoms with van der Waals surface area (Å²) in [5.41, 5.74) is 7.22. The standard InChI is InChI=1S/C55H46N3O.Pt/c1-35-27-37(3)53(59)48(28-35)54-57-52-45(42-30-43(32-44(31-42)55(4,5)6)49-33-41(25-26-56-49)38-17-10-7-11-18-38)23-16-24-50(52)58(54)51-34-46(39-19-12-8-13-20-39)36(2)29-47(51)40-21-14-9-15-22-40;/h7-29,31-34,59H,1-6H3;/q-1;/i2D3,7D,10D,11D,17D,18D,25D,26D,33D;. The molecule has 0 aliphatic rings. The van der Waals surface area contributed by atoms with E-state index in [1.54, 1.807) is 12.1 Å². The van der Waals surface area contributed by atoms with Crippen LogP contribution in [0.3, 0.4) is 0 Å². The van der Waals surface area contributed by atoms with E-state index in [4.69, 9.17) is 18.7 Å². The summed E-state index contributed by atoms with van der Waals surface area (Å²) >= 11 is 0. The molecule has 0 bridgehead atoms. The van der Waals surface area contributed by atoms with Gasteiger partial charge < -0.3 is 5.11 Å². The van der Waals surface area contributed by atoms with Gasteiger partial charge in [-0.25, -0.2) is 4.98 Å². The minimum absolute atomic E-state index is 0. The number of hydrogen-bond acceptors (Lipinski definition) is 3. The Morgan fingerprint density at radius 2 is 1.37 bits per heavy atom. The molecule has 0 radical (unpaired) electrons. The summed E-state index contributed by atoms with van der Waals surface area (Å²) in [6, 6.07) is 35.0. The van der Waals surface area contributed by atoms with Crippen LogP contribution in [0.1, 0.15) is 58.1 Å². The van der Waals surface area contributed by atoms with E-state index in [9.17, 15) is 6.48 Å². The molecule has 0 aliphatic carbocycles. The first-order valence-electron chi connectivity index (χ1n) is 24.8. The summed E-state index contributed by atoms with van der Waals surface area (Å²) in [5, 5.41) is 11.9. The fourth-order valence-electron chi connectivity index (χ4n) is 7.57. The molecular weight excluding hydrogens is 914 g/mol. The molecule has 0 atom stereocenters. The third-order valence-corrected chi connectivity index (χ3v) is 10.5.